The minimum absolute atomic E-state index is 0.148. The second-order valence-electron chi connectivity index (χ2n) is 9.53. The van der Waals surface area contributed by atoms with Crippen molar-refractivity contribution in [2.24, 2.45) is 7.05 Å². The molecule has 2 N–H and O–H groups in total. The number of fused-ring (bicyclic) bond motifs is 1. The second kappa shape index (κ2) is 9.23. The van der Waals surface area contributed by atoms with E-state index < -0.39 is 0 Å². The number of aliphatic hydroxyl groups excluding tert-OH is 1. The summed E-state index contributed by atoms with van der Waals surface area (Å²) in [6.07, 6.45) is 3.39. The third-order valence-electron chi connectivity index (χ3n) is 6.94. The third kappa shape index (κ3) is 4.52. The number of β-amino-alcohol motifs (C(OH)–C–C–N with tert-alkyl or cyclic N) is 1. The van der Waals surface area contributed by atoms with Gasteiger partial charge in [-0.3, -0.25) is 4.90 Å². The summed E-state index contributed by atoms with van der Waals surface area (Å²) in [5.41, 5.74) is 5.03. The number of aliphatic hydroxyl groups is 1. The number of nitrogens with one attached hydrogen (secondary N) is 1. The molecule has 0 aliphatic carbocycles. The van der Waals surface area contributed by atoms with Crippen molar-refractivity contribution in [3.63, 3.8) is 0 Å². The van der Waals surface area contributed by atoms with Gasteiger partial charge in [0.05, 0.1) is 16.8 Å². The quantitative estimate of drug-likeness (QED) is 0.425. The molecule has 3 aromatic heterocycles. The van der Waals surface area contributed by atoms with Crippen LogP contribution in [0.4, 0.5) is 11.6 Å². The van der Waals surface area contributed by atoms with Crippen LogP contribution in [0.5, 0.6) is 0 Å². The van der Waals surface area contributed by atoms with E-state index in [2.05, 4.69) is 34.8 Å². The number of anilines is 2. The summed E-state index contributed by atoms with van der Waals surface area (Å²) < 4.78 is 3.87. The number of aromatic nitrogens is 5. The monoisotopic (exact) mass is 494 g/mol. The summed E-state index contributed by atoms with van der Waals surface area (Å²) in [4.78, 5) is 13.4. The molecule has 0 bridgehead atoms. The Bertz CT molecular complexity index is 1380. The fraction of sp³-hybridized carbons (Fsp3) is 0.400. The molecule has 1 fully saturated rings. The first-order chi connectivity index (χ1) is 16.7. The van der Waals surface area contributed by atoms with E-state index in [1.165, 1.54) is 0 Å². The highest BCUT2D eigenvalue weighted by atomic mass is 35.5. The summed E-state index contributed by atoms with van der Waals surface area (Å²) in [5, 5.41) is 20.1. The van der Waals surface area contributed by atoms with Crippen molar-refractivity contribution in [3.05, 3.63) is 58.6 Å². The Morgan fingerprint density at radius 3 is 2.74 bits per heavy atom. The maximum Gasteiger partial charge on any atom is 0.229 e. The average Bonchev–Trinajstić information content (AvgIpc) is 3.45. The Morgan fingerprint density at radius 1 is 1.20 bits per heavy atom. The van der Waals surface area contributed by atoms with Crippen LogP contribution in [0, 0.1) is 13.8 Å². The summed E-state index contributed by atoms with van der Waals surface area (Å²) in [6.45, 7) is 6.23. The van der Waals surface area contributed by atoms with Crippen molar-refractivity contribution in [2.75, 3.05) is 32.5 Å². The summed E-state index contributed by atoms with van der Waals surface area (Å²) >= 11 is 6.53. The first kappa shape index (κ1) is 23.7. The van der Waals surface area contributed by atoms with Gasteiger partial charge in [-0.25, -0.2) is 9.67 Å². The Hall–Kier alpha value is -2.98. The second-order valence-corrected chi connectivity index (χ2v) is 9.91. The lowest BCUT2D eigenvalue weighted by Gasteiger charge is -2.21. The molecule has 0 unspecified atom stereocenters. The average molecular weight is 495 g/mol. The predicted octanol–water partition coefficient (Wildman–Crippen LogP) is 3.27. The molecule has 4 aromatic rings. The van der Waals surface area contributed by atoms with E-state index in [4.69, 9.17) is 11.6 Å². The third-order valence-corrected chi connectivity index (χ3v) is 7.42. The fourth-order valence-corrected chi connectivity index (χ4v) is 5.04. The van der Waals surface area contributed by atoms with Crippen LogP contribution in [0.25, 0.3) is 16.7 Å². The summed E-state index contributed by atoms with van der Waals surface area (Å²) in [7, 11) is 6.03. The zero-order chi connectivity index (χ0) is 24.9. The molecule has 0 radical (unpaired) electrons. The van der Waals surface area contributed by atoms with E-state index in [0.29, 0.717) is 18.3 Å². The number of likely N-dealkylation sites (N-methyl/N-ethyl adjacent to an activating group) is 1. The number of hydrogen-bond acceptors (Lipinski definition) is 7. The molecule has 1 aliphatic rings. The molecular weight excluding hydrogens is 464 g/mol. The van der Waals surface area contributed by atoms with Gasteiger partial charge in [0.25, 0.3) is 0 Å². The smallest absolute Gasteiger partial charge is 0.229 e. The molecule has 0 amide bonds. The molecular formula is C25H31ClN8O. The van der Waals surface area contributed by atoms with E-state index >= 15 is 0 Å². The number of benzene rings is 1. The van der Waals surface area contributed by atoms with Gasteiger partial charge in [0, 0.05) is 79.0 Å². The van der Waals surface area contributed by atoms with Crippen molar-refractivity contribution in [1.29, 1.82) is 0 Å². The van der Waals surface area contributed by atoms with E-state index in [1.807, 2.05) is 65.5 Å². The normalized spacial score (nSPS) is 18.7. The molecule has 1 saturated heterocycles. The number of aryl methyl sites for hydroxylation is 2. The van der Waals surface area contributed by atoms with Crippen molar-refractivity contribution in [2.45, 2.75) is 32.5 Å². The maximum atomic E-state index is 10.4. The Morgan fingerprint density at radius 2 is 2.00 bits per heavy atom. The molecule has 184 valence electrons. The van der Waals surface area contributed by atoms with Gasteiger partial charge in [-0.1, -0.05) is 11.6 Å². The molecule has 9 nitrogen and oxygen atoms in total. The van der Waals surface area contributed by atoms with Gasteiger partial charge >= 0.3 is 0 Å². The minimum Gasteiger partial charge on any atom is -0.390 e. The topological polar surface area (TPSA) is 87.3 Å². The lowest BCUT2D eigenvalue weighted by Crippen LogP contribution is -2.37. The zero-order valence-corrected chi connectivity index (χ0v) is 21.5. The van der Waals surface area contributed by atoms with Gasteiger partial charge in [-0.15, -0.1) is 0 Å². The van der Waals surface area contributed by atoms with Crippen LogP contribution < -0.4 is 5.32 Å². The number of nitrogens with zero attached hydrogens (tertiary/aromatic N) is 7. The first-order valence-corrected chi connectivity index (χ1v) is 12.1. The lowest BCUT2D eigenvalue weighted by molar-refractivity contribution is 0.112. The van der Waals surface area contributed by atoms with E-state index in [0.717, 1.165) is 51.7 Å². The van der Waals surface area contributed by atoms with Crippen molar-refractivity contribution < 1.29 is 5.11 Å². The fourth-order valence-electron chi connectivity index (χ4n) is 4.76. The number of rotatable bonds is 6. The van der Waals surface area contributed by atoms with Gasteiger partial charge in [-0.2, -0.15) is 10.1 Å². The number of hydrogen-bond donors (Lipinski definition) is 2. The molecule has 35 heavy (non-hydrogen) atoms. The summed E-state index contributed by atoms with van der Waals surface area (Å²) in [6, 6.07) is 8.04. The van der Waals surface area contributed by atoms with Gasteiger partial charge in [-0.05, 0) is 46.1 Å². The van der Waals surface area contributed by atoms with Crippen LogP contribution in [0.1, 0.15) is 17.0 Å². The van der Waals surface area contributed by atoms with E-state index in [1.54, 1.807) is 10.9 Å². The maximum absolute atomic E-state index is 10.4. The standard InChI is InChI=1S/C25H31ClN8O/c1-15-17(11-33-13-21(31(3)4)22(35)14-33)12-34(30-15)23-8-9-27-25(29-23)28-18-6-7-20-19(10-18)24(26)16(2)32(20)5/h6-10,12,21-22,35H,11,13-14H2,1-5H3,(H,27,28,29)/t21-,22-/m0/s1. The largest absolute Gasteiger partial charge is 0.390 e. The van der Waals surface area contributed by atoms with Crippen LogP contribution in [0.2, 0.25) is 5.02 Å². The van der Waals surface area contributed by atoms with Crippen LogP contribution in [-0.4, -0.2) is 78.6 Å². The highest BCUT2D eigenvalue weighted by molar-refractivity contribution is 6.36. The molecule has 4 heterocycles. The Labute approximate surface area is 210 Å². The molecule has 5 rings (SSSR count). The number of likely N-dealkylation sites (tertiary alicyclic amines) is 1. The van der Waals surface area contributed by atoms with Gasteiger partial charge in [0.1, 0.15) is 0 Å². The van der Waals surface area contributed by atoms with Gasteiger partial charge < -0.3 is 19.9 Å². The summed E-state index contributed by atoms with van der Waals surface area (Å²) in [5.74, 6) is 1.16. The van der Waals surface area contributed by atoms with Crippen LogP contribution >= 0.6 is 11.6 Å². The van der Waals surface area contributed by atoms with Crippen LogP contribution in [0.15, 0.2) is 36.7 Å². The molecule has 1 aliphatic heterocycles. The molecule has 2 atom stereocenters. The van der Waals surface area contributed by atoms with Crippen molar-refractivity contribution in [3.8, 4) is 5.82 Å². The Balaban J connectivity index is 1.34. The highest BCUT2D eigenvalue weighted by Crippen LogP contribution is 2.32. The molecule has 0 saturated carbocycles. The van der Waals surface area contributed by atoms with Crippen molar-refractivity contribution in [1.82, 2.24) is 34.1 Å². The first-order valence-electron chi connectivity index (χ1n) is 11.7. The van der Waals surface area contributed by atoms with Gasteiger partial charge in [0.15, 0.2) is 5.82 Å². The molecule has 0 spiro atoms. The van der Waals surface area contributed by atoms with Crippen LogP contribution in [-0.2, 0) is 13.6 Å². The van der Waals surface area contributed by atoms with E-state index in [-0.39, 0.29) is 12.1 Å². The minimum atomic E-state index is -0.343. The van der Waals surface area contributed by atoms with Gasteiger partial charge in [0.2, 0.25) is 5.95 Å². The SMILES string of the molecule is Cc1nn(-c2ccnc(Nc3ccc4c(c3)c(Cl)c(C)n4C)n2)cc1CN1C[C@H](O)[C@@H](N(C)C)C1. The van der Waals surface area contributed by atoms with Crippen LogP contribution in [0.3, 0.4) is 0 Å². The molecule has 1 aromatic carbocycles. The highest BCUT2D eigenvalue weighted by Gasteiger charge is 2.33. The zero-order valence-electron chi connectivity index (χ0n) is 20.7. The Kier molecular flexibility index (Phi) is 6.27. The van der Waals surface area contributed by atoms with E-state index in [9.17, 15) is 5.11 Å². The van der Waals surface area contributed by atoms with Crippen molar-refractivity contribution >= 4 is 34.1 Å². The number of halogens is 1. The predicted molar refractivity (Wildman–Crippen MR) is 139 cm³/mol. The lowest BCUT2D eigenvalue weighted by atomic mass is 10.2. The molecule has 10 heteroatoms.